The number of aryl methyl sites for hydroxylation is 1. The molecular weight excluding hydrogens is 280 g/mol. The SMILES string of the molecule is CN=C(NCCCC1CCCCC1)NCc1scnc1C. The van der Waals surface area contributed by atoms with Crippen molar-refractivity contribution in [3.63, 3.8) is 0 Å². The Hall–Kier alpha value is -1.10. The lowest BCUT2D eigenvalue weighted by Gasteiger charge is -2.21. The molecule has 0 amide bonds. The van der Waals surface area contributed by atoms with Crippen molar-refractivity contribution in [1.82, 2.24) is 15.6 Å². The Bertz CT molecular complexity index is 435. The molecule has 1 fully saturated rings. The Morgan fingerprint density at radius 2 is 2.14 bits per heavy atom. The van der Waals surface area contributed by atoms with Gasteiger partial charge in [0.15, 0.2) is 5.96 Å². The van der Waals surface area contributed by atoms with E-state index in [2.05, 4.69) is 20.6 Å². The number of hydrogen-bond acceptors (Lipinski definition) is 3. The van der Waals surface area contributed by atoms with Crippen molar-refractivity contribution in [2.45, 2.75) is 58.4 Å². The summed E-state index contributed by atoms with van der Waals surface area (Å²) in [6.07, 6.45) is 9.81. The van der Waals surface area contributed by atoms with Crippen molar-refractivity contribution in [1.29, 1.82) is 0 Å². The zero-order valence-electron chi connectivity index (χ0n) is 13.3. The molecular formula is C16H28N4S. The van der Waals surface area contributed by atoms with E-state index in [4.69, 9.17) is 0 Å². The summed E-state index contributed by atoms with van der Waals surface area (Å²) in [5.74, 6) is 1.86. The maximum absolute atomic E-state index is 4.28. The largest absolute Gasteiger partial charge is 0.356 e. The molecule has 1 aromatic rings. The molecule has 21 heavy (non-hydrogen) atoms. The standard InChI is InChI=1S/C16H28N4S/c1-13-15(21-12-20-13)11-19-16(17-2)18-10-6-9-14-7-4-3-5-8-14/h12,14H,3-11H2,1-2H3,(H2,17,18,19). The Balaban J connectivity index is 1.60. The van der Waals surface area contributed by atoms with Crippen molar-refractivity contribution < 1.29 is 0 Å². The van der Waals surface area contributed by atoms with Gasteiger partial charge in [-0.1, -0.05) is 32.1 Å². The topological polar surface area (TPSA) is 49.3 Å². The minimum Gasteiger partial charge on any atom is -0.356 e. The number of nitrogens with one attached hydrogen (secondary N) is 2. The lowest BCUT2D eigenvalue weighted by molar-refractivity contribution is 0.332. The van der Waals surface area contributed by atoms with Gasteiger partial charge in [0.05, 0.1) is 17.7 Å². The van der Waals surface area contributed by atoms with Gasteiger partial charge in [-0.25, -0.2) is 4.98 Å². The molecule has 0 saturated heterocycles. The molecule has 0 aliphatic heterocycles. The molecule has 1 saturated carbocycles. The highest BCUT2D eigenvalue weighted by atomic mass is 32.1. The molecule has 1 aliphatic carbocycles. The van der Waals surface area contributed by atoms with E-state index in [1.165, 1.54) is 49.8 Å². The maximum Gasteiger partial charge on any atom is 0.191 e. The van der Waals surface area contributed by atoms with Crippen LogP contribution in [-0.2, 0) is 6.54 Å². The van der Waals surface area contributed by atoms with Gasteiger partial charge >= 0.3 is 0 Å². The summed E-state index contributed by atoms with van der Waals surface area (Å²) in [6.45, 7) is 3.87. The summed E-state index contributed by atoms with van der Waals surface area (Å²) in [4.78, 5) is 9.82. The number of rotatable bonds is 6. The van der Waals surface area contributed by atoms with E-state index in [-0.39, 0.29) is 0 Å². The third-order valence-electron chi connectivity index (χ3n) is 4.29. The Morgan fingerprint density at radius 1 is 1.33 bits per heavy atom. The van der Waals surface area contributed by atoms with Crippen LogP contribution >= 0.6 is 11.3 Å². The molecule has 1 aromatic heterocycles. The summed E-state index contributed by atoms with van der Waals surface area (Å²) in [5, 5.41) is 6.77. The number of thiazole rings is 1. The first-order chi connectivity index (χ1) is 10.3. The first kappa shape index (κ1) is 16.3. The van der Waals surface area contributed by atoms with Crippen molar-refractivity contribution in [3.05, 3.63) is 16.1 Å². The molecule has 0 bridgehead atoms. The summed E-state index contributed by atoms with van der Waals surface area (Å²) in [5.41, 5.74) is 3.01. The fourth-order valence-corrected chi connectivity index (χ4v) is 3.67. The van der Waals surface area contributed by atoms with E-state index in [0.717, 1.165) is 30.7 Å². The van der Waals surface area contributed by atoms with Gasteiger partial charge in [0.1, 0.15) is 0 Å². The van der Waals surface area contributed by atoms with E-state index in [9.17, 15) is 0 Å². The van der Waals surface area contributed by atoms with Crippen LogP contribution in [-0.4, -0.2) is 24.5 Å². The molecule has 4 nitrogen and oxygen atoms in total. The molecule has 5 heteroatoms. The molecule has 118 valence electrons. The summed E-state index contributed by atoms with van der Waals surface area (Å²) in [7, 11) is 1.83. The second-order valence-electron chi connectivity index (χ2n) is 5.86. The van der Waals surface area contributed by atoms with E-state index in [0.29, 0.717) is 0 Å². The summed E-state index contributed by atoms with van der Waals surface area (Å²) >= 11 is 1.69. The molecule has 1 heterocycles. The lowest BCUT2D eigenvalue weighted by Crippen LogP contribution is -2.37. The number of aliphatic imine (C=N–C) groups is 1. The van der Waals surface area contributed by atoms with Gasteiger partial charge in [-0.15, -0.1) is 11.3 Å². The minimum atomic E-state index is 0.804. The van der Waals surface area contributed by atoms with Crippen LogP contribution in [0.3, 0.4) is 0 Å². The number of hydrogen-bond donors (Lipinski definition) is 2. The average molecular weight is 308 g/mol. The van der Waals surface area contributed by atoms with Gasteiger partial charge in [-0.3, -0.25) is 4.99 Å². The van der Waals surface area contributed by atoms with Crippen LogP contribution in [0.5, 0.6) is 0 Å². The van der Waals surface area contributed by atoms with Crippen LogP contribution < -0.4 is 10.6 Å². The van der Waals surface area contributed by atoms with Crippen LogP contribution in [0.1, 0.15) is 55.5 Å². The molecule has 0 atom stereocenters. The number of guanidine groups is 1. The second kappa shape index (κ2) is 9.03. The fourth-order valence-electron chi connectivity index (χ4n) is 2.95. The van der Waals surface area contributed by atoms with E-state index >= 15 is 0 Å². The monoisotopic (exact) mass is 308 g/mol. The van der Waals surface area contributed by atoms with E-state index in [1.54, 1.807) is 11.3 Å². The van der Waals surface area contributed by atoms with Crippen molar-refractivity contribution >= 4 is 17.3 Å². The Morgan fingerprint density at radius 3 is 2.81 bits per heavy atom. The molecule has 0 spiro atoms. The van der Waals surface area contributed by atoms with Crippen LogP contribution in [0.25, 0.3) is 0 Å². The van der Waals surface area contributed by atoms with Gasteiger partial charge in [0, 0.05) is 18.5 Å². The first-order valence-corrected chi connectivity index (χ1v) is 9.01. The van der Waals surface area contributed by atoms with Crippen molar-refractivity contribution in [3.8, 4) is 0 Å². The minimum absolute atomic E-state index is 0.804. The summed E-state index contributed by atoms with van der Waals surface area (Å²) < 4.78 is 0. The van der Waals surface area contributed by atoms with Crippen LogP contribution in [0, 0.1) is 12.8 Å². The van der Waals surface area contributed by atoms with E-state index < -0.39 is 0 Å². The maximum atomic E-state index is 4.28. The average Bonchev–Trinajstić information content (AvgIpc) is 2.93. The van der Waals surface area contributed by atoms with Crippen molar-refractivity contribution in [2.24, 2.45) is 10.9 Å². The van der Waals surface area contributed by atoms with Gasteiger partial charge in [-0.05, 0) is 25.7 Å². The Kier molecular flexibility index (Phi) is 7.00. The molecule has 0 aromatic carbocycles. The third-order valence-corrected chi connectivity index (χ3v) is 5.23. The Labute approximate surface area is 132 Å². The predicted molar refractivity (Wildman–Crippen MR) is 90.9 cm³/mol. The van der Waals surface area contributed by atoms with Crippen LogP contribution in [0.2, 0.25) is 0 Å². The van der Waals surface area contributed by atoms with Crippen LogP contribution in [0.15, 0.2) is 10.5 Å². The zero-order chi connectivity index (χ0) is 14.9. The predicted octanol–water partition coefficient (Wildman–Crippen LogP) is 3.48. The summed E-state index contributed by atoms with van der Waals surface area (Å²) in [6, 6.07) is 0. The molecule has 2 N–H and O–H groups in total. The number of aromatic nitrogens is 1. The quantitative estimate of drug-likeness (QED) is 0.480. The fraction of sp³-hybridized carbons (Fsp3) is 0.750. The highest BCUT2D eigenvalue weighted by molar-refractivity contribution is 7.09. The third kappa shape index (κ3) is 5.65. The highest BCUT2D eigenvalue weighted by Gasteiger charge is 2.12. The normalized spacial score (nSPS) is 17.0. The molecule has 1 aliphatic rings. The number of nitrogens with zero attached hydrogens (tertiary/aromatic N) is 2. The molecule has 2 rings (SSSR count). The van der Waals surface area contributed by atoms with Gasteiger partial charge in [0.2, 0.25) is 0 Å². The van der Waals surface area contributed by atoms with Gasteiger partial charge < -0.3 is 10.6 Å². The molecule has 0 unspecified atom stereocenters. The van der Waals surface area contributed by atoms with Gasteiger partial charge in [0.25, 0.3) is 0 Å². The van der Waals surface area contributed by atoms with Crippen molar-refractivity contribution in [2.75, 3.05) is 13.6 Å². The van der Waals surface area contributed by atoms with Gasteiger partial charge in [-0.2, -0.15) is 0 Å². The first-order valence-electron chi connectivity index (χ1n) is 8.13. The van der Waals surface area contributed by atoms with E-state index in [1.807, 2.05) is 19.5 Å². The zero-order valence-corrected chi connectivity index (χ0v) is 14.1. The smallest absolute Gasteiger partial charge is 0.191 e. The molecule has 0 radical (unpaired) electrons. The van der Waals surface area contributed by atoms with Crippen LogP contribution in [0.4, 0.5) is 0 Å². The highest BCUT2D eigenvalue weighted by Crippen LogP contribution is 2.26. The lowest BCUT2D eigenvalue weighted by atomic mass is 9.86. The second-order valence-corrected chi connectivity index (χ2v) is 6.80.